The van der Waals surface area contributed by atoms with Crippen LogP contribution in [0.3, 0.4) is 0 Å². The van der Waals surface area contributed by atoms with E-state index in [9.17, 15) is 9.59 Å². The van der Waals surface area contributed by atoms with Crippen molar-refractivity contribution in [2.45, 2.75) is 31.9 Å². The smallest absolute Gasteiger partial charge is 0.410 e. The average Bonchev–Trinajstić information content (AvgIpc) is 2.82. The molecule has 0 saturated carbocycles. The second-order valence-corrected chi connectivity index (χ2v) is 8.47. The number of hydrogen-bond donors (Lipinski definition) is 0. The molecule has 0 N–H and O–H groups in total. The van der Waals surface area contributed by atoms with E-state index in [1.54, 1.807) is 16.9 Å². The molecule has 0 unspecified atom stereocenters. The van der Waals surface area contributed by atoms with Crippen molar-refractivity contribution < 1.29 is 19.1 Å². The van der Waals surface area contributed by atoms with Crippen LogP contribution in [-0.4, -0.2) is 68.7 Å². The van der Waals surface area contributed by atoms with E-state index in [4.69, 9.17) is 9.47 Å². The van der Waals surface area contributed by atoms with Crippen LogP contribution in [0.4, 0.5) is 10.5 Å². The van der Waals surface area contributed by atoms with Crippen LogP contribution in [0.25, 0.3) is 0 Å². The van der Waals surface area contributed by atoms with Crippen LogP contribution in [0.15, 0.2) is 48.5 Å². The standard InChI is InChI=1S/C25H33N3O4/c1-19-17-21(31-5)11-12-22(19)27(4)23(29)25(26(2)3)13-15-28(16-14-25)24(30)32-18-20-9-7-6-8-10-20/h6-12,17H,13-16,18H2,1-5H3. The van der Waals surface area contributed by atoms with E-state index in [0.717, 1.165) is 22.6 Å². The molecule has 2 aromatic carbocycles. The van der Waals surface area contributed by atoms with Crippen LogP contribution < -0.4 is 9.64 Å². The summed E-state index contributed by atoms with van der Waals surface area (Å²) >= 11 is 0. The predicted molar refractivity (Wildman–Crippen MR) is 125 cm³/mol. The highest BCUT2D eigenvalue weighted by molar-refractivity contribution is 6.00. The first-order chi connectivity index (χ1) is 15.3. The number of piperidine rings is 1. The molecule has 0 spiro atoms. The minimum Gasteiger partial charge on any atom is -0.497 e. The molecule has 32 heavy (non-hydrogen) atoms. The molecule has 172 valence electrons. The fourth-order valence-corrected chi connectivity index (χ4v) is 4.27. The van der Waals surface area contributed by atoms with Gasteiger partial charge in [-0.3, -0.25) is 9.69 Å². The third-order valence-corrected chi connectivity index (χ3v) is 6.38. The van der Waals surface area contributed by atoms with E-state index < -0.39 is 5.54 Å². The summed E-state index contributed by atoms with van der Waals surface area (Å²) in [5.41, 5.74) is 2.09. The molecular formula is C25H33N3O4. The largest absolute Gasteiger partial charge is 0.497 e. The topological polar surface area (TPSA) is 62.3 Å². The minimum atomic E-state index is -0.683. The Morgan fingerprint density at radius 3 is 2.25 bits per heavy atom. The predicted octanol–water partition coefficient (Wildman–Crippen LogP) is 3.70. The van der Waals surface area contributed by atoms with Crippen molar-refractivity contribution in [3.05, 3.63) is 59.7 Å². The number of carbonyl (C=O) groups is 2. The van der Waals surface area contributed by atoms with Crippen molar-refractivity contribution in [1.82, 2.24) is 9.80 Å². The maximum absolute atomic E-state index is 13.7. The van der Waals surface area contributed by atoms with Gasteiger partial charge in [0, 0.05) is 25.8 Å². The number of hydrogen-bond acceptors (Lipinski definition) is 5. The summed E-state index contributed by atoms with van der Waals surface area (Å²) in [6.45, 7) is 3.14. The van der Waals surface area contributed by atoms with Gasteiger partial charge in [-0.1, -0.05) is 30.3 Å². The normalized spacial score (nSPS) is 15.4. The molecule has 1 fully saturated rings. The first kappa shape index (κ1) is 23.6. The van der Waals surface area contributed by atoms with Gasteiger partial charge in [-0.15, -0.1) is 0 Å². The van der Waals surface area contributed by atoms with Crippen LogP contribution in [0.1, 0.15) is 24.0 Å². The number of nitrogens with zero attached hydrogens (tertiary/aromatic N) is 3. The van der Waals surface area contributed by atoms with E-state index in [2.05, 4.69) is 0 Å². The molecule has 1 saturated heterocycles. The molecule has 0 radical (unpaired) electrons. The van der Waals surface area contributed by atoms with Gasteiger partial charge in [0.2, 0.25) is 5.91 Å². The van der Waals surface area contributed by atoms with Gasteiger partial charge >= 0.3 is 6.09 Å². The zero-order valence-electron chi connectivity index (χ0n) is 19.6. The molecular weight excluding hydrogens is 406 g/mol. The molecule has 2 aromatic rings. The third kappa shape index (κ3) is 4.88. The Hall–Kier alpha value is -3.06. The SMILES string of the molecule is COc1ccc(N(C)C(=O)C2(N(C)C)CCN(C(=O)OCc3ccccc3)CC2)c(C)c1. The number of likely N-dealkylation sites (tertiary alicyclic amines) is 1. The average molecular weight is 440 g/mol. The lowest BCUT2D eigenvalue weighted by Crippen LogP contribution is -2.62. The summed E-state index contributed by atoms with van der Waals surface area (Å²) in [7, 11) is 7.29. The zero-order valence-corrected chi connectivity index (χ0v) is 19.6. The summed E-state index contributed by atoms with van der Waals surface area (Å²) in [4.78, 5) is 31.6. The second-order valence-electron chi connectivity index (χ2n) is 8.47. The number of ether oxygens (including phenoxy) is 2. The summed E-state index contributed by atoms with van der Waals surface area (Å²) in [5.74, 6) is 0.782. The van der Waals surface area contributed by atoms with E-state index >= 15 is 0 Å². The summed E-state index contributed by atoms with van der Waals surface area (Å²) in [6.07, 6.45) is 0.741. The monoisotopic (exact) mass is 439 g/mol. The van der Waals surface area contributed by atoms with Gasteiger partial charge in [0.15, 0.2) is 0 Å². The first-order valence-electron chi connectivity index (χ1n) is 10.8. The molecule has 0 aliphatic carbocycles. The number of carbonyl (C=O) groups excluding carboxylic acids is 2. The zero-order chi connectivity index (χ0) is 23.3. The molecule has 3 rings (SSSR count). The van der Waals surface area contributed by atoms with E-state index in [1.165, 1.54) is 0 Å². The van der Waals surface area contributed by atoms with Gasteiger partial charge in [-0.25, -0.2) is 4.79 Å². The Balaban J connectivity index is 1.67. The third-order valence-electron chi connectivity index (χ3n) is 6.38. The highest BCUT2D eigenvalue weighted by atomic mass is 16.6. The second kappa shape index (κ2) is 10.0. The van der Waals surface area contributed by atoms with Gasteiger partial charge < -0.3 is 19.3 Å². The van der Waals surface area contributed by atoms with Gasteiger partial charge in [0.1, 0.15) is 17.9 Å². The fourth-order valence-electron chi connectivity index (χ4n) is 4.27. The molecule has 0 bridgehead atoms. The van der Waals surface area contributed by atoms with Gasteiger partial charge in [0.05, 0.1) is 7.11 Å². The number of likely N-dealkylation sites (N-methyl/N-ethyl adjacent to an activating group) is 2. The lowest BCUT2D eigenvalue weighted by Gasteiger charge is -2.46. The van der Waals surface area contributed by atoms with Crippen molar-refractivity contribution in [1.29, 1.82) is 0 Å². The Kier molecular flexibility index (Phi) is 7.40. The fraction of sp³-hybridized carbons (Fsp3) is 0.440. The Morgan fingerprint density at radius 2 is 1.69 bits per heavy atom. The molecule has 1 aliphatic rings. The molecule has 2 amide bonds. The van der Waals surface area contributed by atoms with Crippen molar-refractivity contribution in [2.75, 3.05) is 46.2 Å². The summed E-state index contributed by atoms with van der Waals surface area (Å²) in [5, 5.41) is 0. The van der Waals surface area contributed by atoms with E-state index in [-0.39, 0.29) is 18.6 Å². The van der Waals surface area contributed by atoms with Crippen LogP contribution in [-0.2, 0) is 16.1 Å². The quantitative estimate of drug-likeness (QED) is 0.687. The number of aryl methyl sites for hydroxylation is 1. The van der Waals surface area contributed by atoms with Crippen molar-refractivity contribution in [3.63, 3.8) is 0 Å². The number of amides is 2. The highest BCUT2D eigenvalue weighted by Gasteiger charge is 2.46. The Bertz CT molecular complexity index is 937. The van der Waals surface area contributed by atoms with Gasteiger partial charge in [-0.2, -0.15) is 0 Å². The number of anilines is 1. The minimum absolute atomic E-state index is 0.0214. The Labute approximate surface area is 190 Å². The molecule has 0 atom stereocenters. The van der Waals surface area contributed by atoms with Crippen molar-refractivity contribution >= 4 is 17.7 Å². The van der Waals surface area contributed by atoms with Crippen LogP contribution in [0.2, 0.25) is 0 Å². The van der Waals surface area contributed by atoms with Gasteiger partial charge in [0.25, 0.3) is 0 Å². The van der Waals surface area contributed by atoms with Crippen LogP contribution in [0, 0.1) is 6.92 Å². The summed E-state index contributed by atoms with van der Waals surface area (Å²) in [6, 6.07) is 15.3. The number of benzene rings is 2. The maximum Gasteiger partial charge on any atom is 0.410 e. The van der Waals surface area contributed by atoms with Crippen LogP contribution >= 0.6 is 0 Å². The summed E-state index contributed by atoms with van der Waals surface area (Å²) < 4.78 is 10.8. The first-order valence-corrected chi connectivity index (χ1v) is 10.8. The van der Waals surface area contributed by atoms with Crippen molar-refractivity contribution in [3.8, 4) is 5.75 Å². The number of methoxy groups -OCH3 is 1. The molecule has 7 heteroatoms. The molecule has 1 heterocycles. The lowest BCUT2D eigenvalue weighted by atomic mass is 9.84. The maximum atomic E-state index is 13.7. The molecule has 1 aliphatic heterocycles. The highest BCUT2D eigenvalue weighted by Crippen LogP contribution is 2.33. The lowest BCUT2D eigenvalue weighted by molar-refractivity contribution is -0.131. The molecule has 0 aromatic heterocycles. The van der Waals surface area contributed by atoms with Crippen molar-refractivity contribution in [2.24, 2.45) is 0 Å². The van der Waals surface area contributed by atoms with Crippen LogP contribution in [0.5, 0.6) is 5.75 Å². The molecule has 7 nitrogen and oxygen atoms in total. The Morgan fingerprint density at radius 1 is 1.03 bits per heavy atom. The van der Waals surface area contributed by atoms with E-state index in [0.29, 0.717) is 25.9 Å². The van der Waals surface area contributed by atoms with Gasteiger partial charge in [-0.05, 0) is 63.2 Å². The number of rotatable bonds is 6. The van der Waals surface area contributed by atoms with E-state index in [1.807, 2.05) is 81.5 Å².